The summed E-state index contributed by atoms with van der Waals surface area (Å²) < 4.78 is 26.1. The lowest BCUT2D eigenvalue weighted by Crippen LogP contribution is -2.35. The second kappa shape index (κ2) is 10.9. The van der Waals surface area contributed by atoms with Crippen LogP contribution in [0.15, 0.2) is 36.4 Å². The van der Waals surface area contributed by atoms with Gasteiger partial charge in [-0.3, -0.25) is 4.79 Å². The van der Waals surface area contributed by atoms with E-state index in [9.17, 15) is 13.6 Å². The van der Waals surface area contributed by atoms with E-state index in [1.165, 1.54) is 23.3 Å². The van der Waals surface area contributed by atoms with Crippen molar-refractivity contribution in [2.45, 2.75) is 32.7 Å². The van der Waals surface area contributed by atoms with Gasteiger partial charge in [0, 0.05) is 5.75 Å². The Morgan fingerprint density at radius 2 is 1.62 bits per heavy atom. The molecule has 0 radical (unpaired) electrons. The van der Waals surface area contributed by atoms with Crippen LogP contribution in [0.3, 0.4) is 0 Å². The summed E-state index contributed by atoms with van der Waals surface area (Å²) in [5.41, 5.74) is 4.22. The molecule has 0 saturated heterocycles. The molecule has 0 bridgehead atoms. The first-order valence-corrected chi connectivity index (χ1v) is 9.09. The number of benzene rings is 2. The van der Waals surface area contributed by atoms with Crippen LogP contribution in [0.2, 0.25) is 0 Å². The Labute approximate surface area is 158 Å². The number of hydrogen-bond acceptors (Lipinski definition) is 3. The van der Waals surface area contributed by atoms with Crippen molar-refractivity contribution >= 4 is 18.6 Å². The molecule has 3 nitrogen and oxygen atoms in total. The zero-order valence-corrected chi connectivity index (χ0v) is 16.1. The van der Waals surface area contributed by atoms with Crippen molar-refractivity contribution in [1.82, 2.24) is 5.32 Å². The average Bonchev–Trinajstić information content (AvgIpc) is 2.64. The van der Waals surface area contributed by atoms with Gasteiger partial charge in [-0.25, -0.2) is 8.78 Å². The van der Waals surface area contributed by atoms with Crippen LogP contribution < -0.4 is 5.32 Å². The van der Waals surface area contributed by atoms with Gasteiger partial charge < -0.3 is 10.4 Å². The lowest BCUT2D eigenvalue weighted by Gasteiger charge is -2.09. The zero-order chi connectivity index (χ0) is 19.7. The maximum absolute atomic E-state index is 13.2. The Morgan fingerprint density at radius 1 is 1.04 bits per heavy atom. The second-order valence-electron chi connectivity index (χ2n) is 5.68. The Morgan fingerprint density at radius 3 is 2.04 bits per heavy atom. The fourth-order valence-electron chi connectivity index (χ4n) is 2.45. The van der Waals surface area contributed by atoms with Gasteiger partial charge in [0.2, 0.25) is 0 Å². The molecule has 0 aliphatic heterocycles. The maximum Gasteiger partial charge on any atom is 0.321 e. The molecule has 26 heavy (non-hydrogen) atoms. The average molecular weight is 381 g/mol. The minimum Gasteiger partial charge on any atom is -0.480 e. The molecule has 0 aromatic heterocycles. The number of halogens is 2. The lowest BCUT2D eigenvalue weighted by molar-refractivity contribution is -0.138. The van der Waals surface area contributed by atoms with Crippen LogP contribution in [0.5, 0.6) is 0 Å². The molecular formula is C20H25F2NO2S. The van der Waals surface area contributed by atoms with Crippen LogP contribution in [-0.4, -0.2) is 29.9 Å². The second-order valence-corrected chi connectivity index (χ2v) is 6.05. The predicted molar refractivity (Wildman–Crippen MR) is 105 cm³/mol. The number of carbonyl (C=O) groups is 1. The first-order chi connectivity index (χ1) is 12.4. The third-order valence-corrected chi connectivity index (χ3v) is 4.42. The molecule has 6 heteroatoms. The third kappa shape index (κ3) is 6.11. The highest BCUT2D eigenvalue weighted by atomic mass is 32.1. The molecule has 0 aliphatic carbocycles. The number of carboxylic acids is 1. The van der Waals surface area contributed by atoms with Crippen LogP contribution in [0.25, 0.3) is 11.1 Å². The van der Waals surface area contributed by atoms with Crippen molar-refractivity contribution in [3.63, 3.8) is 0 Å². The number of thiol groups is 1. The molecule has 0 spiro atoms. The van der Waals surface area contributed by atoms with E-state index < -0.39 is 23.6 Å². The van der Waals surface area contributed by atoms with Crippen LogP contribution in [0, 0.1) is 11.6 Å². The van der Waals surface area contributed by atoms with Gasteiger partial charge in [-0.15, -0.1) is 0 Å². The largest absolute Gasteiger partial charge is 0.480 e. The standard InChI is InChI=1S/C16H16F2.C4H9NO2S/c1-3-11-5-6-13(9-12(11)4-2)14-7-8-15(17)16(18)10-14;1-5-3(2-8)4(6)7/h5-10H,3-4H2,1-2H3;3,5,8H,2H2,1H3,(H,6,7)/t;3-/m.1/s1. The quantitative estimate of drug-likeness (QED) is 0.652. The molecule has 0 heterocycles. The number of carboxylic acid groups (broad SMARTS) is 1. The molecule has 1 atom stereocenters. The van der Waals surface area contributed by atoms with Crippen molar-refractivity contribution in [3.8, 4) is 11.1 Å². The molecular weight excluding hydrogens is 356 g/mol. The summed E-state index contributed by atoms with van der Waals surface area (Å²) >= 11 is 3.79. The summed E-state index contributed by atoms with van der Waals surface area (Å²) in [6.45, 7) is 4.22. The van der Waals surface area contributed by atoms with Gasteiger partial charge in [0.15, 0.2) is 11.6 Å². The molecule has 0 amide bonds. The predicted octanol–water partition coefficient (Wildman–Crippen LogP) is 4.35. The molecule has 0 aliphatic rings. The third-order valence-electron chi connectivity index (χ3n) is 4.05. The zero-order valence-electron chi connectivity index (χ0n) is 15.2. The topological polar surface area (TPSA) is 49.3 Å². The molecule has 142 valence electrons. The summed E-state index contributed by atoms with van der Waals surface area (Å²) in [6, 6.07) is 9.60. The molecule has 2 rings (SSSR count). The Balaban J connectivity index is 0.000000359. The lowest BCUT2D eigenvalue weighted by atomic mass is 9.96. The fraction of sp³-hybridized carbons (Fsp3) is 0.350. The number of aryl methyl sites for hydroxylation is 2. The maximum atomic E-state index is 13.2. The van der Waals surface area contributed by atoms with Crippen LogP contribution in [0.1, 0.15) is 25.0 Å². The van der Waals surface area contributed by atoms with Crippen molar-refractivity contribution in [1.29, 1.82) is 0 Å². The van der Waals surface area contributed by atoms with Gasteiger partial charge in [-0.05, 0) is 54.3 Å². The molecule has 0 fully saturated rings. The fourth-order valence-corrected chi connectivity index (χ4v) is 2.79. The van der Waals surface area contributed by atoms with Crippen LogP contribution in [-0.2, 0) is 17.6 Å². The first kappa shape index (κ1) is 22.1. The van der Waals surface area contributed by atoms with Crippen molar-refractivity contribution in [2.24, 2.45) is 0 Å². The van der Waals surface area contributed by atoms with Crippen molar-refractivity contribution < 1.29 is 18.7 Å². The van der Waals surface area contributed by atoms with Crippen LogP contribution in [0.4, 0.5) is 8.78 Å². The number of aliphatic carboxylic acids is 1. The minimum atomic E-state index is -0.859. The molecule has 0 unspecified atom stereocenters. The van der Waals surface area contributed by atoms with E-state index in [0.717, 1.165) is 18.4 Å². The Kier molecular flexibility index (Phi) is 9.30. The van der Waals surface area contributed by atoms with E-state index in [2.05, 4.69) is 43.9 Å². The van der Waals surface area contributed by atoms with Crippen molar-refractivity contribution in [2.75, 3.05) is 12.8 Å². The molecule has 2 aromatic carbocycles. The van der Waals surface area contributed by atoms with E-state index in [0.29, 0.717) is 11.3 Å². The minimum absolute atomic E-state index is 0.325. The van der Waals surface area contributed by atoms with Gasteiger partial charge >= 0.3 is 5.97 Å². The van der Waals surface area contributed by atoms with Gasteiger partial charge in [0.05, 0.1) is 0 Å². The smallest absolute Gasteiger partial charge is 0.321 e. The van der Waals surface area contributed by atoms with E-state index >= 15 is 0 Å². The summed E-state index contributed by atoms with van der Waals surface area (Å²) in [7, 11) is 1.59. The van der Waals surface area contributed by atoms with Gasteiger partial charge in [0.25, 0.3) is 0 Å². The van der Waals surface area contributed by atoms with Gasteiger partial charge in [-0.1, -0.05) is 38.1 Å². The summed E-state index contributed by atoms with van der Waals surface area (Å²) in [5, 5.41) is 10.8. The monoisotopic (exact) mass is 381 g/mol. The summed E-state index contributed by atoms with van der Waals surface area (Å²) in [6.07, 6.45) is 1.93. The van der Waals surface area contributed by atoms with E-state index in [-0.39, 0.29) is 0 Å². The number of rotatable bonds is 6. The van der Waals surface area contributed by atoms with Gasteiger partial charge in [-0.2, -0.15) is 12.6 Å². The Bertz CT molecular complexity index is 734. The Hall–Kier alpha value is -1.92. The van der Waals surface area contributed by atoms with Crippen LogP contribution >= 0.6 is 12.6 Å². The highest BCUT2D eigenvalue weighted by molar-refractivity contribution is 7.80. The molecule has 2 N–H and O–H groups in total. The molecule has 0 saturated carbocycles. The van der Waals surface area contributed by atoms with Gasteiger partial charge in [0.1, 0.15) is 6.04 Å². The van der Waals surface area contributed by atoms with E-state index in [1.54, 1.807) is 13.1 Å². The number of nitrogens with one attached hydrogen (secondary N) is 1. The summed E-state index contributed by atoms with van der Waals surface area (Å²) in [5.74, 6) is -2.14. The first-order valence-electron chi connectivity index (χ1n) is 8.45. The van der Waals surface area contributed by atoms with E-state index in [1.807, 2.05) is 6.07 Å². The van der Waals surface area contributed by atoms with E-state index in [4.69, 9.17) is 5.11 Å². The number of likely N-dealkylation sites (N-methyl/N-ethyl adjacent to an activating group) is 1. The number of hydrogen-bond donors (Lipinski definition) is 3. The highest BCUT2D eigenvalue weighted by Crippen LogP contribution is 2.24. The highest BCUT2D eigenvalue weighted by Gasteiger charge is 2.10. The normalized spacial score (nSPS) is 11.5. The SMILES string of the molecule is CCc1ccc(-c2ccc(F)c(F)c2)cc1CC.CN[C@H](CS)C(=O)O. The van der Waals surface area contributed by atoms with Crippen molar-refractivity contribution in [3.05, 3.63) is 59.2 Å². The molecule has 2 aromatic rings. The summed E-state index contributed by atoms with van der Waals surface area (Å²) in [4.78, 5) is 10.1.